The highest BCUT2D eigenvalue weighted by atomic mass is 15.0. The molecule has 86 valence electrons. The van der Waals surface area contributed by atoms with Crippen LogP contribution in [0.5, 0.6) is 0 Å². The predicted molar refractivity (Wildman–Crippen MR) is 62.6 cm³/mol. The molecular formula is C13H24N2. The minimum Gasteiger partial charge on any atom is -0.330 e. The molecule has 15 heavy (non-hydrogen) atoms. The molecule has 2 atom stereocenters. The third-order valence-electron chi connectivity index (χ3n) is 5.01. The predicted octanol–water partition coefficient (Wildman–Crippen LogP) is 1.89. The van der Waals surface area contributed by atoms with Crippen LogP contribution in [0, 0.1) is 17.3 Å². The molecule has 3 aliphatic carbocycles. The van der Waals surface area contributed by atoms with Crippen LogP contribution < -0.4 is 11.1 Å². The van der Waals surface area contributed by atoms with Crippen molar-refractivity contribution in [3.63, 3.8) is 0 Å². The first-order valence-electron chi connectivity index (χ1n) is 6.77. The molecule has 0 radical (unpaired) electrons. The van der Waals surface area contributed by atoms with Crippen LogP contribution in [0.25, 0.3) is 0 Å². The molecule has 2 unspecified atom stereocenters. The van der Waals surface area contributed by atoms with Crippen LogP contribution in [0.3, 0.4) is 0 Å². The summed E-state index contributed by atoms with van der Waals surface area (Å²) in [6.07, 6.45) is 10.1. The minimum absolute atomic E-state index is 0.742. The van der Waals surface area contributed by atoms with E-state index in [-0.39, 0.29) is 0 Å². The normalized spacial score (nSPS) is 38.2. The molecule has 0 saturated heterocycles. The summed E-state index contributed by atoms with van der Waals surface area (Å²) in [7, 11) is 0. The van der Waals surface area contributed by atoms with Crippen LogP contribution in [-0.2, 0) is 0 Å². The van der Waals surface area contributed by atoms with Crippen molar-refractivity contribution in [2.24, 2.45) is 23.0 Å². The molecule has 2 nitrogen and oxygen atoms in total. The van der Waals surface area contributed by atoms with Gasteiger partial charge in [0, 0.05) is 12.6 Å². The Kier molecular flexibility index (Phi) is 2.52. The summed E-state index contributed by atoms with van der Waals surface area (Å²) in [5.74, 6) is 1.85. The molecule has 0 aromatic rings. The third kappa shape index (κ3) is 1.94. The average Bonchev–Trinajstić information content (AvgIpc) is 3.13. The monoisotopic (exact) mass is 208 g/mol. The number of hydrogen-bond acceptors (Lipinski definition) is 2. The number of rotatable bonds is 5. The first-order chi connectivity index (χ1) is 7.34. The van der Waals surface area contributed by atoms with E-state index in [1.807, 2.05) is 0 Å². The van der Waals surface area contributed by atoms with E-state index in [0.717, 1.165) is 29.8 Å². The van der Waals surface area contributed by atoms with Gasteiger partial charge in [0.15, 0.2) is 0 Å². The summed E-state index contributed by atoms with van der Waals surface area (Å²) >= 11 is 0. The van der Waals surface area contributed by atoms with Crippen LogP contribution in [0.4, 0.5) is 0 Å². The Morgan fingerprint density at radius 1 is 1.13 bits per heavy atom. The zero-order valence-corrected chi connectivity index (χ0v) is 9.67. The van der Waals surface area contributed by atoms with Crippen molar-refractivity contribution in [1.29, 1.82) is 0 Å². The molecule has 3 fully saturated rings. The fourth-order valence-electron chi connectivity index (χ4n) is 3.51. The van der Waals surface area contributed by atoms with Crippen molar-refractivity contribution >= 4 is 0 Å². The lowest BCUT2D eigenvalue weighted by molar-refractivity contribution is 0.335. The Bertz CT molecular complexity index is 231. The fraction of sp³-hybridized carbons (Fsp3) is 1.00. The van der Waals surface area contributed by atoms with E-state index >= 15 is 0 Å². The van der Waals surface area contributed by atoms with Gasteiger partial charge in [-0.3, -0.25) is 0 Å². The molecule has 0 spiro atoms. The van der Waals surface area contributed by atoms with Crippen molar-refractivity contribution in [2.45, 2.75) is 51.0 Å². The summed E-state index contributed by atoms with van der Waals surface area (Å²) in [5, 5.41) is 3.83. The Morgan fingerprint density at radius 2 is 1.93 bits per heavy atom. The molecule has 3 rings (SSSR count). The molecule has 3 N–H and O–H groups in total. The van der Waals surface area contributed by atoms with Gasteiger partial charge in [-0.05, 0) is 62.3 Å². The Labute approximate surface area is 93.0 Å². The quantitative estimate of drug-likeness (QED) is 0.724. The zero-order chi connectivity index (χ0) is 10.3. The highest BCUT2D eigenvalue weighted by Gasteiger charge is 2.53. The van der Waals surface area contributed by atoms with Gasteiger partial charge in [-0.25, -0.2) is 0 Å². The molecule has 0 aromatic heterocycles. The van der Waals surface area contributed by atoms with Crippen molar-refractivity contribution < 1.29 is 0 Å². The smallest absolute Gasteiger partial charge is 0.0108 e. The molecule has 2 heteroatoms. The van der Waals surface area contributed by atoms with Crippen LogP contribution in [-0.4, -0.2) is 19.1 Å². The molecule has 0 heterocycles. The van der Waals surface area contributed by atoms with Crippen LogP contribution in [0.15, 0.2) is 0 Å². The summed E-state index contributed by atoms with van der Waals surface area (Å²) in [4.78, 5) is 0. The summed E-state index contributed by atoms with van der Waals surface area (Å²) in [6, 6.07) is 0.742. The molecular weight excluding hydrogens is 184 g/mol. The lowest BCUT2D eigenvalue weighted by atomic mass is 9.98. The van der Waals surface area contributed by atoms with Crippen LogP contribution >= 0.6 is 0 Å². The van der Waals surface area contributed by atoms with Crippen LogP contribution in [0.1, 0.15) is 44.9 Å². The summed E-state index contributed by atoms with van der Waals surface area (Å²) in [6.45, 7) is 2.17. The lowest BCUT2D eigenvalue weighted by Crippen LogP contribution is -2.39. The van der Waals surface area contributed by atoms with Gasteiger partial charge in [0.2, 0.25) is 0 Å². The number of hydrogen-bond donors (Lipinski definition) is 2. The van der Waals surface area contributed by atoms with Crippen molar-refractivity contribution in [3.05, 3.63) is 0 Å². The second kappa shape index (κ2) is 3.74. The first-order valence-corrected chi connectivity index (χ1v) is 6.77. The van der Waals surface area contributed by atoms with Crippen molar-refractivity contribution in [3.8, 4) is 0 Å². The first kappa shape index (κ1) is 10.1. The zero-order valence-electron chi connectivity index (χ0n) is 9.67. The van der Waals surface area contributed by atoms with E-state index in [4.69, 9.17) is 5.73 Å². The van der Waals surface area contributed by atoms with Gasteiger partial charge in [-0.1, -0.05) is 6.42 Å². The lowest BCUT2D eigenvalue weighted by Gasteiger charge is -2.23. The second-order valence-corrected chi connectivity index (χ2v) is 6.05. The third-order valence-corrected chi connectivity index (χ3v) is 5.01. The highest BCUT2D eigenvalue weighted by molar-refractivity contribution is 5.05. The van der Waals surface area contributed by atoms with E-state index in [1.54, 1.807) is 0 Å². The molecule has 0 bridgehead atoms. The fourth-order valence-corrected chi connectivity index (χ4v) is 3.51. The SMILES string of the molecule is NCC1CCCC1NCC1(C2CC2)CC1. The molecule has 0 aromatic carbocycles. The Hall–Kier alpha value is -0.0800. The second-order valence-electron chi connectivity index (χ2n) is 6.05. The number of nitrogens with two attached hydrogens (primary N) is 1. The van der Waals surface area contributed by atoms with Gasteiger partial charge in [0.05, 0.1) is 0 Å². The molecule has 3 aliphatic rings. The van der Waals surface area contributed by atoms with E-state index in [9.17, 15) is 0 Å². The average molecular weight is 208 g/mol. The molecule has 3 saturated carbocycles. The van der Waals surface area contributed by atoms with Gasteiger partial charge in [0.1, 0.15) is 0 Å². The summed E-state index contributed by atoms with van der Waals surface area (Å²) < 4.78 is 0. The van der Waals surface area contributed by atoms with Crippen molar-refractivity contribution in [1.82, 2.24) is 5.32 Å². The van der Waals surface area contributed by atoms with E-state index in [0.29, 0.717) is 0 Å². The standard InChI is InChI=1S/C13H24N2/c14-8-10-2-1-3-12(10)15-9-13(6-7-13)11-4-5-11/h10-12,15H,1-9,14H2. The summed E-state index contributed by atoms with van der Waals surface area (Å²) in [5.41, 5.74) is 6.56. The van der Waals surface area contributed by atoms with Gasteiger partial charge in [-0.15, -0.1) is 0 Å². The van der Waals surface area contributed by atoms with Gasteiger partial charge >= 0.3 is 0 Å². The highest BCUT2D eigenvalue weighted by Crippen LogP contribution is 2.60. The maximum atomic E-state index is 5.81. The topological polar surface area (TPSA) is 38.0 Å². The maximum Gasteiger partial charge on any atom is 0.0108 e. The van der Waals surface area contributed by atoms with Crippen molar-refractivity contribution in [2.75, 3.05) is 13.1 Å². The van der Waals surface area contributed by atoms with E-state index < -0.39 is 0 Å². The van der Waals surface area contributed by atoms with Crippen LogP contribution in [0.2, 0.25) is 0 Å². The van der Waals surface area contributed by atoms with Gasteiger partial charge in [0.25, 0.3) is 0 Å². The largest absolute Gasteiger partial charge is 0.330 e. The Balaban J connectivity index is 1.49. The molecule has 0 aliphatic heterocycles. The van der Waals surface area contributed by atoms with Gasteiger partial charge in [-0.2, -0.15) is 0 Å². The Morgan fingerprint density at radius 3 is 2.53 bits per heavy atom. The van der Waals surface area contributed by atoms with Gasteiger partial charge < -0.3 is 11.1 Å². The minimum atomic E-state index is 0.742. The van der Waals surface area contributed by atoms with E-state index in [1.165, 1.54) is 51.5 Å². The number of nitrogens with one attached hydrogen (secondary N) is 1. The maximum absolute atomic E-state index is 5.81. The van der Waals surface area contributed by atoms with E-state index in [2.05, 4.69) is 5.32 Å². The molecule has 0 amide bonds.